The predicted molar refractivity (Wildman–Crippen MR) is 90.5 cm³/mol. The molecule has 0 aromatic rings. The minimum atomic E-state index is -0.574. The number of aliphatic hydroxyl groups is 1. The summed E-state index contributed by atoms with van der Waals surface area (Å²) in [5, 5.41) is 13.1. The largest absolute Gasteiger partial charge is 0.444 e. The highest BCUT2D eigenvalue weighted by Gasteiger charge is 2.24. The first kappa shape index (κ1) is 20.2. The highest BCUT2D eigenvalue weighted by Crippen LogP contribution is 2.16. The molecule has 0 aromatic carbocycles. The monoisotopic (exact) mass is 330 g/mol. The van der Waals surface area contributed by atoms with Crippen LogP contribution >= 0.6 is 0 Å². The van der Waals surface area contributed by atoms with Crippen molar-refractivity contribution in [3.05, 3.63) is 0 Å². The average Bonchev–Trinajstić information content (AvgIpc) is 2.44. The third-order valence-electron chi connectivity index (χ3n) is 3.77. The molecule has 23 heavy (non-hydrogen) atoms. The maximum atomic E-state index is 12.2. The van der Waals surface area contributed by atoms with Crippen LogP contribution in [0.3, 0.4) is 0 Å². The summed E-state index contributed by atoms with van der Waals surface area (Å²) in [6, 6.07) is 0.431. The first-order valence-electron chi connectivity index (χ1n) is 8.72. The molecule has 6 heteroatoms. The quantitative estimate of drug-likeness (QED) is 0.748. The van der Waals surface area contributed by atoms with Crippen molar-refractivity contribution in [3.8, 4) is 0 Å². The van der Waals surface area contributed by atoms with Gasteiger partial charge in [0.2, 0.25) is 0 Å². The average molecular weight is 330 g/mol. The first-order valence-corrected chi connectivity index (χ1v) is 8.72. The summed E-state index contributed by atoms with van der Waals surface area (Å²) in [6.45, 7) is 11.6. The van der Waals surface area contributed by atoms with Crippen LogP contribution in [0, 0.1) is 0 Å². The van der Waals surface area contributed by atoms with Gasteiger partial charge in [-0.1, -0.05) is 6.92 Å². The maximum absolute atomic E-state index is 12.2. The number of aliphatic hydroxyl groups excluding tert-OH is 1. The number of carbonyl (C=O) groups is 1. The second kappa shape index (κ2) is 9.45. The zero-order valence-electron chi connectivity index (χ0n) is 15.3. The van der Waals surface area contributed by atoms with Gasteiger partial charge in [0.25, 0.3) is 0 Å². The molecular weight excluding hydrogens is 296 g/mol. The van der Waals surface area contributed by atoms with E-state index in [4.69, 9.17) is 9.47 Å². The van der Waals surface area contributed by atoms with Gasteiger partial charge in [-0.2, -0.15) is 0 Å². The third-order valence-corrected chi connectivity index (χ3v) is 3.77. The molecule has 3 unspecified atom stereocenters. The topological polar surface area (TPSA) is 71.0 Å². The number of nitrogens with zero attached hydrogens (tertiary/aromatic N) is 1. The summed E-state index contributed by atoms with van der Waals surface area (Å²) in [6.07, 6.45) is 2.43. The Morgan fingerprint density at radius 3 is 2.74 bits per heavy atom. The van der Waals surface area contributed by atoms with Crippen LogP contribution in [0.5, 0.6) is 0 Å². The third kappa shape index (κ3) is 8.53. The number of carbonyl (C=O) groups excluding carboxylic acids is 1. The first-order chi connectivity index (χ1) is 10.7. The van der Waals surface area contributed by atoms with Crippen molar-refractivity contribution >= 4 is 6.09 Å². The van der Waals surface area contributed by atoms with Crippen LogP contribution in [0.25, 0.3) is 0 Å². The molecule has 1 rings (SSSR count). The lowest BCUT2D eigenvalue weighted by atomic mass is 10.0. The van der Waals surface area contributed by atoms with Gasteiger partial charge in [-0.3, -0.25) is 0 Å². The molecule has 0 saturated carbocycles. The minimum absolute atomic E-state index is 0.280. The summed E-state index contributed by atoms with van der Waals surface area (Å²) in [7, 11) is 0. The summed E-state index contributed by atoms with van der Waals surface area (Å²) >= 11 is 0. The van der Waals surface area contributed by atoms with E-state index in [1.165, 1.54) is 0 Å². The van der Waals surface area contributed by atoms with E-state index in [1.54, 1.807) is 11.8 Å². The molecular formula is C17H34N2O4. The van der Waals surface area contributed by atoms with Crippen molar-refractivity contribution in [2.45, 2.75) is 77.7 Å². The van der Waals surface area contributed by atoms with E-state index in [-0.39, 0.29) is 12.6 Å². The normalized spacial score (nSPS) is 23.4. The Bertz CT molecular complexity index is 355. The Balaban J connectivity index is 2.43. The van der Waals surface area contributed by atoms with E-state index in [0.29, 0.717) is 25.2 Å². The highest BCUT2D eigenvalue weighted by atomic mass is 16.6. The molecule has 1 heterocycles. The van der Waals surface area contributed by atoms with Crippen molar-refractivity contribution < 1.29 is 19.4 Å². The van der Waals surface area contributed by atoms with Gasteiger partial charge in [-0.25, -0.2) is 4.79 Å². The molecule has 0 spiro atoms. The predicted octanol–water partition coefficient (Wildman–Crippen LogP) is 2.15. The summed E-state index contributed by atoms with van der Waals surface area (Å²) in [4.78, 5) is 13.8. The number of rotatable bonds is 7. The van der Waals surface area contributed by atoms with Gasteiger partial charge in [0.15, 0.2) is 0 Å². The Morgan fingerprint density at radius 2 is 2.17 bits per heavy atom. The Kier molecular flexibility index (Phi) is 8.29. The van der Waals surface area contributed by atoms with Crippen molar-refractivity contribution in [1.82, 2.24) is 10.2 Å². The molecule has 6 nitrogen and oxygen atoms in total. The second-order valence-corrected chi connectivity index (χ2v) is 7.35. The number of ether oxygens (including phenoxy) is 2. The van der Waals surface area contributed by atoms with Crippen molar-refractivity contribution in [1.29, 1.82) is 0 Å². The van der Waals surface area contributed by atoms with E-state index in [0.717, 1.165) is 25.9 Å². The van der Waals surface area contributed by atoms with Gasteiger partial charge in [-0.15, -0.1) is 0 Å². The highest BCUT2D eigenvalue weighted by molar-refractivity contribution is 5.68. The Morgan fingerprint density at radius 1 is 1.48 bits per heavy atom. The number of amides is 1. The molecule has 1 aliphatic rings. The standard InChI is InChI=1S/C17H34N2O4/c1-6-15-11-14(7-10-22-15)18-8-9-19(12-13(2)20)16(21)23-17(3,4)5/h13-15,18,20H,6-12H2,1-5H3. The van der Waals surface area contributed by atoms with Crippen LogP contribution in [0.15, 0.2) is 0 Å². The molecule has 0 aromatic heterocycles. The Hall–Kier alpha value is -0.850. The van der Waals surface area contributed by atoms with Crippen molar-refractivity contribution in [2.75, 3.05) is 26.2 Å². The molecule has 3 atom stereocenters. The summed E-state index contributed by atoms with van der Waals surface area (Å²) in [5.41, 5.74) is -0.531. The molecule has 1 fully saturated rings. The van der Waals surface area contributed by atoms with Gasteiger partial charge >= 0.3 is 6.09 Å². The number of hydrogen-bond donors (Lipinski definition) is 2. The summed E-state index contributed by atoms with van der Waals surface area (Å²) < 4.78 is 11.1. The molecule has 136 valence electrons. The van der Waals surface area contributed by atoms with E-state index in [9.17, 15) is 9.90 Å². The fraction of sp³-hybridized carbons (Fsp3) is 0.941. The van der Waals surface area contributed by atoms with Gasteiger partial charge in [-0.05, 0) is 47.0 Å². The molecule has 1 amide bonds. The molecule has 0 bridgehead atoms. The lowest BCUT2D eigenvalue weighted by Gasteiger charge is -2.31. The lowest BCUT2D eigenvalue weighted by Crippen LogP contribution is -2.46. The number of nitrogens with one attached hydrogen (secondary N) is 1. The zero-order valence-corrected chi connectivity index (χ0v) is 15.3. The van der Waals surface area contributed by atoms with E-state index < -0.39 is 11.7 Å². The zero-order chi connectivity index (χ0) is 17.5. The van der Waals surface area contributed by atoms with Crippen molar-refractivity contribution in [2.24, 2.45) is 0 Å². The molecule has 1 aliphatic heterocycles. The molecule has 2 N–H and O–H groups in total. The second-order valence-electron chi connectivity index (χ2n) is 7.35. The lowest BCUT2D eigenvalue weighted by molar-refractivity contribution is -0.00178. The summed E-state index contributed by atoms with van der Waals surface area (Å²) in [5.74, 6) is 0. The van der Waals surface area contributed by atoms with E-state index in [1.807, 2.05) is 20.8 Å². The smallest absolute Gasteiger partial charge is 0.410 e. The maximum Gasteiger partial charge on any atom is 0.410 e. The van der Waals surface area contributed by atoms with Gasteiger partial charge in [0, 0.05) is 32.3 Å². The fourth-order valence-corrected chi connectivity index (χ4v) is 2.66. The van der Waals surface area contributed by atoms with Crippen LogP contribution in [0.4, 0.5) is 4.79 Å². The van der Waals surface area contributed by atoms with Crippen LogP contribution in [0.2, 0.25) is 0 Å². The van der Waals surface area contributed by atoms with Crippen molar-refractivity contribution in [3.63, 3.8) is 0 Å². The molecule has 0 radical (unpaired) electrons. The van der Waals surface area contributed by atoms with Gasteiger partial charge in [0.05, 0.1) is 12.2 Å². The van der Waals surface area contributed by atoms with Crippen LogP contribution in [-0.4, -0.2) is 66.2 Å². The van der Waals surface area contributed by atoms with Crippen LogP contribution in [0.1, 0.15) is 53.9 Å². The van der Waals surface area contributed by atoms with Crippen LogP contribution in [-0.2, 0) is 9.47 Å². The fourth-order valence-electron chi connectivity index (χ4n) is 2.66. The molecule has 0 aliphatic carbocycles. The minimum Gasteiger partial charge on any atom is -0.444 e. The molecule has 1 saturated heterocycles. The van der Waals surface area contributed by atoms with E-state index >= 15 is 0 Å². The van der Waals surface area contributed by atoms with Crippen LogP contribution < -0.4 is 5.32 Å². The van der Waals surface area contributed by atoms with Gasteiger partial charge < -0.3 is 24.8 Å². The Labute approximate surface area is 140 Å². The van der Waals surface area contributed by atoms with Gasteiger partial charge in [0.1, 0.15) is 5.60 Å². The SMILES string of the molecule is CCC1CC(NCCN(CC(C)O)C(=O)OC(C)(C)C)CCO1. The van der Waals surface area contributed by atoms with E-state index in [2.05, 4.69) is 12.2 Å². The number of hydrogen-bond acceptors (Lipinski definition) is 5.